The van der Waals surface area contributed by atoms with Gasteiger partial charge >= 0.3 is 53.7 Å². The third-order valence-electron chi connectivity index (χ3n) is 17.4. The Labute approximate surface area is 686 Å². The molecule has 1 fully saturated rings. The molecule has 0 radical (unpaired) electrons. The number of phenols is 25. The first kappa shape index (κ1) is 86.8. The molecule has 124 heavy (non-hydrogen) atoms. The highest BCUT2D eigenvalue weighted by Gasteiger charge is 2.55. The van der Waals surface area contributed by atoms with Crippen molar-refractivity contribution in [2.24, 2.45) is 0 Å². The van der Waals surface area contributed by atoms with Gasteiger partial charge in [0.1, 0.15) is 18.5 Å². The highest BCUT2D eigenvalue weighted by molar-refractivity contribution is 6.00. The van der Waals surface area contributed by atoms with Crippen molar-refractivity contribution in [3.63, 3.8) is 0 Å². The summed E-state index contributed by atoms with van der Waals surface area (Å²) in [7, 11) is 0. The van der Waals surface area contributed by atoms with Crippen molar-refractivity contribution < 1.29 is 223 Å². The molecule has 0 amide bonds. The summed E-state index contributed by atoms with van der Waals surface area (Å²) in [6.45, 7) is 1.03. The predicted molar refractivity (Wildman–Crippen MR) is 397 cm³/mol. The predicted octanol–water partition coefficient (Wildman–Crippen LogP) is 6.45. The van der Waals surface area contributed by atoms with Gasteiger partial charge in [-0.05, 0) is 141 Å². The molecular formula is C79H58O45. The van der Waals surface area contributed by atoms with E-state index < -0.39 is 319 Å². The summed E-state index contributed by atoms with van der Waals surface area (Å²) in [5, 5.41) is 263. The van der Waals surface area contributed by atoms with Crippen molar-refractivity contribution in [3.8, 4) is 172 Å². The van der Waals surface area contributed by atoms with Crippen molar-refractivity contribution in [2.75, 3.05) is 6.61 Å². The maximum Gasteiger partial charge on any atom is 0.343 e. The molecule has 10 aromatic carbocycles. The smallest absolute Gasteiger partial charge is 0.343 e. The number of carbonyl (C=O) groups is 9. The highest BCUT2D eigenvalue weighted by Crippen LogP contribution is 2.49. The molecule has 10 aromatic rings. The average Bonchev–Trinajstić information content (AvgIpc) is 0.755. The van der Waals surface area contributed by atoms with E-state index in [0.29, 0.717) is 109 Å². The van der Waals surface area contributed by atoms with Crippen molar-refractivity contribution in [1.82, 2.24) is 0 Å². The van der Waals surface area contributed by atoms with Crippen LogP contribution in [0.5, 0.6) is 172 Å². The fraction of sp³-hybridized carbons (Fsp3) is 0.101. The van der Waals surface area contributed by atoms with E-state index >= 15 is 19.2 Å². The van der Waals surface area contributed by atoms with Crippen LogP contribution in [0.2, 0.25) is 0 Å². The number of aromatic hydroxyl groups is 25. The molecule has 5 atom stereocenters. The van der Waals surface area contributed by atoms with E-state index in [2.05, 4.69) is 0 Å². The molecule has 0 aliphatic carbocycles. The van der Waals surface area contributed by atoms with Crippen molar-refractivity contribution >= 4 is 59.5 Å². The van der Waals surface area contributed by atoms with Crippen LogP contribution in [-0.2, 0) is 28.4 Å². The van der Waals surface area contributed by atoms with E-state index in [1.807, 2.05) is 0 Å². The van der Waals surface area contributed by atoms with E-state index in [1.165, 1.54) is 13.8 Å². The minimum atomic E-state index is -3.08. The summed E-state index contributed by atoms with van der Waals surface area (Å²) in [6, 6.07) is 9.84. The number of esters is 9. The number of allylic oxidation sites excluding steroid dienone is 1. The molecule has 0 bridgehead atoms. The van der Waals surface area contributed by atoms with Crippen molar-refractivity contribution in [3.05, 3.63) is 183 Å². The van der Waals surface area contributed by atoms with Crippen LogP contribution in [0.3, 0.4) is 0 Å². The van der Waals surface area contributed by atoms with Gasteiger partial charge in [-0.25, -0.2) is 43.2 Å². The summed E-state index contributed by atoms with van der Waals surface area (Å²) in [5.74, 6) is -53.0. The maximum absolute atomic E-state index is 15.3. The summed E-state index contributed by atoms with van der Waals surface area (Å²) in [6.07, 6.45) is -14.9. The lowest BCUT2D eigenvalue weighted by Crippen LogP contribution is -2.63. The zero-order chi connectivity index (χ0) is 91.0. The minimum absolute atomic E-state index is 0.112. The number of rotatable bonds is 22. The highest BCUT2D eigenvalue weighted by atomic mass is 16.8. The average molecular weight is 1730 g/mol. The number of hydrogen-bond donors (Lipinski definition) is 25. The Bertz CT molecular complexity index is 6060. The quantitative estimate of drug-likeness (QED) is 0.0114. The minimum Gasteiger partial charge on any atom is -0.504 e. The fourth-order valence-electron chi connectivity index (χ4n) is 11.3. The molecule has 45 heteroatoms. The molecule has 25 N–H and O–H groups in total. The molecule has 1 heterocycles. The Morgan fingerprint density at radius 1 is 0.234 bits per heavy atom. The van der Waals surface area contributed by atoms with Gasteiger partial charge < -0.3 is 180 Å². The summed E-state index contributed by atoms with van der Waals surface area (Å²) < 4.78 is 61.7. The first-order chi connectivity index (χ1) is 58.3. The number of ether oxygens (including phenoxy) is 11. The Kier molecular flexibility index (Phi) is 24.0. The first-order valence-corrected chi connectivity index (χ1v) is 34.2. The van der Waals surface area contributed by atoms with Crippen LogP contribution in [0.1, 0.15) is 113 Å². The van der Waals surface area contributed by atoms with Crippen LogP contribution < -0.4 is 23.7 Å². The van der Waals surface area contributed by atoms with Crippen LogP contribution in [-0.4, -0.2) is 219 Å². The maximum atomic E-state index is 15.3. The molecule has 11 rings (SSSR count). The lowest BCUT2D eigenvalue weighted by molar-refractivity contribution is -0.282. The number of hydrogen-bond acceptors (Lipinski definition) is 45. The Morgan fingerprint density at radius 2 is 0.435 bits per heavy atom. The molecule has 1 aliphatic rings. The molecule has 1 saturated heterocycles. The molecule has 3 unspecified atom stereocenters. The van der Waals surface area contributed by atoms with Gasteiger partial charge in [-0.15, -0.1) is 0 Å². The second-order valence-electron chi connectivity index (χ2n) is 26.2. The van der Waals surface area contributed by atoms with Gasteiger partial charge in [0.15, 0.2) is 156 Å². The SMILES string of the molecule is CC(C)=C(Oc1cc(C(=O)OC2O[C@H](COC(=O)c3cc(O)c(O)c(OC(=O)c4cc(O)c(O)c(O)c4)c3)C(OC(=O)c3cc(O)c(O)c(OC(=O)c4cc(O)c(O)c(O)c4)c3)[C@H](OC(=O)c3cc(O)c(O)c(OC(=O)c4cc(O)c(O)c(O)c4)c3)C2OC(=O)c2cc(O)c(O)c(OC(=O)c3cc(O)c(O)c(O)c3)c2)cc(O)c1O)c1cc(O)c(O)c(O)c1. The van der Waals surface area contributed by atoms with E-state index in [0.717, 1.165) is 12.1 Å². The molecule has 45 nitrogen and oxygen atoms in total. The zero-order valence-electron chi connectivity index (χ0n) is 62.0. The second kappa shape index (κ2) is 34.2. The molecule has 0 spiro atoms. The molecule has 0 saturated carbocycles. The lowest BCUT2D eigenvalue weighted by Gasteiger charge is -2.43. The number of phenolic OH excluding ortho intramolecular Hbond substituents is 25. The Balaban J connectivity index is 1.10. The van der Waals surface area contributed by atoms with Gasteiger partial charge in [-0.1, -0.05) is 0 Å². The van der Waals surface area contributed by atoms with Crippen molar-refractivity contribution in [2.45, 2.75) is 44.6 Å². The van der Waals surface area contributed by atoms with Gasteiger partial charge in [-0.2, -0.15) is 0 Å². The van der Waals surface area contributed by atoms with Crippen LogP contribution in [0.4, 0.5) is 0 Å². The normalized spacial score (nSPS) is 14.6. The van der Waals surface area contributed by atoms with E-state index in [1.54, 1.807) is 0 Å². The summed E-state index contributed by atoms with van der Waals surface area (Å²) >= 11 is 0. The lowest BCUT2D eigenvalue weighted by atomic mass is 9.97. The van der Waals surface area contributed by atoms with Gasteiger partial charge in [-0.3, -0.25) is 0 Å². The molecular weight excluding hydrogens is 1670 g/mol. The van der Waals surface area contributed by atoms with Crippen LogP contribution >= 0.6 is 0 Å². The first-order valence-electron chi connectivity index (χ1n) is 34.2. The van der Waals surface area contributed by atoms with Crippen LogP contribution in [0.15, 0.2) is 127 Å². The third-order valence-corrected chi connectivity index (χ3v) is 17.4. The van der Waals surface area contributed by atoms with Gasteiger partial charge in [0, 0.05) is 5.56 Å². The Hall–Kier alpha value is -18.1. The van der Waals surface area contributed by atoms with E-state index in [-0.39, 0.29) is 11.1 Å². The van der Waals surface area contributed by atoms with E-state index in [9.17, 15) is 152 Å². The second-order valence-corrected chi connectivity index (χ2v) is 26.2. The third kappa shape index (κ3) is 18.1. The summed E-state index contributed by atoms with van der Waals surface area (Å²) in [5.41, 5.74) is -8.95. The zero-order valence-corrected chi connectivity index (χ0v) is 62.0. The van der Waals surface area contributed by atoms with Gasteiger partial charge in [0.05, 0.1) is 50.1 Å². The number of carbonyl (C=O) groups excluding carboxylic acids is 9. The topological polar surface area (TPSA) is 761 Å². The monoisotopic (exact) mass is 1730 g/mol. The molecule has 0 aromatic heterocycles. The van der Waals surface area contributed by atoms with Crippen molar-refractivity contribution in [1.29, 1.82) is 0 Å². The summed E-state index contributed by atoms with van der Waals surface area (Å²) in [4.78, 5) is 130. The fourth-order valence-corrected chi connectivity index (χ4v) is 11.3. The van der Waals surface area contributed by atoms with Crippen LogP contribution in [0, 0.1) is 0 Å². The molecule has 644 valence electrons. The largest absolute Gasteiger partial charge is 0.504 e. The Morgan fingerprint density at radius 3 is 0.694 bits per heavy atom. The van der Waals surface area contributed by atoms with E-state index in [4.69, 9.17) is 52.1 Å². The van der Waals surface area contributed by atoms with Gasteiger partial charge in [0.2, 0.25) is 41.1 Å². The van der Waals surface area contributed by atoms with Crippen LogP contribution in [0.25, 0.3) is 5.76 Å². The standard InChI is InChI=1S/C79H58O45/c1-24(2)66(25-3-35(80)56(95)36(81)4-25)115-50-19-34(17-46(91)61(50)100)78(113)124-79-69(123-77(112)33-16-49(94)65(104)54(22-33)119-74(109)29-11-43(88)60(99)44(89)12-29)68(122-76(111)32-15-48(93)64(103)53(21-32)118-73(108)28-9-41(86)59(98)42(87)10-28)67(121-75(110)31-14-47(92)63(102)52(20-31)117-72(107)27-7-39(84)58(97)40(85)8-27)55(120-79)23-114-70(105)30-13-45(90)62(101)51(18-30)116-71(106)26-5-37(82)57(96)38(83)6-26/h3-22,55,67-69,79-104H,23H2,1-2H3/t55-,67?,68+,69?,79?/m1/s1. The number of benzene rings is 10. The molecule has 1 aliphatic heterocycles. The van der Waals surface area contributed by atoms with Gasteiger partial charge in [0.25, 0.3) is 0 Å².